The first kappa shape index (κ1) is 15.3. The topological polar surface area (TPSA) is 105 Å². The lowest BCUT2D eigenvalue weighted by molar-refractivity contribution is 0.380. The van der Waals surface area contributed by atoms with Crippen molar-refractivity contribution in [3.63, 3.8) is 0 Å². The van der Waals surface area contributed by atoms with Crippen LogP contribution in [0.2, 0.25) is 0 Å². The first-order valence-electron chi connectivity index (χ1n) is 7.76. The zero-order valence-corrected chi connectivity index (χ0v) is 13.9. The van der Waals surface area contributed by atoms with Crippen LogP contribution in [-0.2, 0) is 0 Å². The summed E-state index contributed by atoms with van der Waals surface area (Å²) in [5.74, 6) is 1.99. The molecule has 3 aromatic rings. The molecule has 4 rings (SSSR count). The molecule has 124 valence electrons. The molecule has 24 heavy (non-hydrogen) atoms. The van der Waals surface area contributed by atoms with Crippen molar-refractivity contribution in [2.45, 2.75) is 29.8 Å². The van der Waals surface area contributed by atoms with Crippen LogP contribution in [-0.4, -0.2) is 31.9 Å². The predicted molar refractivity (Wildman–Crippen MR) is 88.9 cm³/mol. The molecule has 0 amide bonds. The van der Waals surface area contributed by atoms with Gasteiger partial charge in [0.2, 0.25) is 16.9 Å². The summed E-state index contributed by atoms with van der Waals surface area (Å²) in [7, 11) is 0. The largest absolute Gasteiger partial charge is 0.338 e. The molecule has 3 heterocycles. The highest BCUT2D eigenvalue weighted by Crippen LogP contribution is 2.33. The maximum atomic E-state index is 5.39. The van der Waals surface area contributed by atoms with Crippen molar-refractivity contribution in [2.24, 2.45) is 0 Å². The quantitative estimate of drug-likeness (QED) is 0.606. The van der Waals surface area contributed by atoms with Crippen LogP contribution in [0.1, 0.15) is 36.4 Å². The van der Waals surface area contributed by atoms with Gasteiger partial charge in [0.05, 0.1) is 11.3 Å². The third-order valence-corrected chi connectivity index (χ3v) is 4.70. The molecule has 8 nitrogen and oxygen atoms in total. The van der Waals surface area contributed by atoms with Gasteiger partial charge < -0.3 is 4.52 Å². The smallest absolute Gasteiger partial charge is 0.240 e. The number of H-pyrrole nitrogens is 1. The van der Waals surface area contributed by atoms with Gasteiger partial charge in [-0.3, -0.25) is 10.5 Å². The number of nitrogens with zero attached hydrogens (tertiary/aromatic N) is 4. The number of nitrogens with one attached hydrogen (secondary N) is 3. The second kappa shape index (κ2) is 6.71. The molecule has 0 spiro atoms. The highest BCUT2D eigenvalue weighted by atomic mass is 32.2. The van der Waals surface area contributed by atoms with Gasteiger partial charge in [-0.2, -0.15) is 4.98 Å². The molecule has 0 radical (unpaired) electrons. The van der Waals surface area contributed by atoms with Gasteiger partial charge in [0.25, 0.3) is 0 Å². The molecule has 1 aliphatic rings. The van der Waals surface area contributed by atoms with Crippen LogP contribution < -0.4 is 10.9 Å². The van der Waals surface area contributed by atoms with Gasteiger partial charge >= 0.3 is 0 Å². The predicted octanol–water partition coefficient (Wildman–Crippen LogP) is 2.25. The monoisotopic (exact) mass is 343 g/mol. The number of benzene rings is 1. The zero-order valence-electron chi connectivity index (χ0n) is 13.1. The summed E-state index contributed by atoms with van der Waals surface area (Å²) < 4.78 is 5.39. The Kier molecular flexibility index (Phi) is 4.28. The lowest BCUT2D eigenvalue weighted by Crippen LogP contribution is -2.25. The molecule has 2 aromatic heterocycles. The van der Waals surface area contributed by atoms with Crippen molar-refractivity contribution >= 4 is 11.8 Å². The molecular weight excluding hydrogens is 326 g/mol. The normalized spacial score (nSPS) is 18.8. The Morgan fingerprint density at radius 1 is 1.25 bits per heavy atom. The van der Waals surface area contributed by atoms with E-state index in [0.717, 1.165) is 24.4 Å². The standard InChI is InChI=1S/C15H17N7OS/c1-9(14-17-12(22-23-14)10-5-3-2-4-6-10)24-15-18-13(20-21-15)11-7-8-16-19-11/h2-6,9,11,16,19H,7-8H2,1H3,(H,18,20,21). The molecule has 1 fully saturated rings. The Bertz CT molecular complexity index is 797. The lowest BCUT2D eigenvalue weighted by Gasteiger charge is -2.03. The Balaban J connectivity index is 1.45. The van der Waals surface area contributed by atoms with E-state index >= 15 is 0 Å². The highest BCUT2D eigenvalue weighted by Gasteiger charge is 2.22. The van der Waals surface area contributed by atoms with E-state index in [1.807, 2.05) is 37.3 Å². The molecule has 9 heteroatoms. The summed E-state index contributed by atoms with van der Waals surface area (Å²) in [6, 6.07) is 9.94. The second-order valence-electron chi connectivity index (χ2n) is 5.50. The maximum absolute atomic E-state index is 5.39. The highest BCUT2D eigenvalue weighted by molar-refractivity contribution is 7.99. The minimum atomic E-state index is -0.0340. The molecule has 1 aromatic carbocycles. The maximum Gasteiger partial charge on any atom is 0.240 e. The Hall–Kier alpha value is -2.23. The van der Waals surface area contributed by atoms with Crippen molar-refractivity contribution < 1.29 is 4.52 Å². The SMILES string of the molecule is CC(Sc1n[nH]c(C2CCNN2)n1)c1nc(-c2ccccc2)no1. The average Bonchev–Trinajstić information content (AvgIpc) is 3.36. The van der Waals surface area contributed by atoms with Gasteiger partial charge in [-0.05, 0) is 13.3 Å². The van der Waals surface area contributed by atoms with E-state index in [1.165, 1.54) is 11.8 Å². The number of aromatic nitrogens is 5. The number of hydrazine groups is 1. The van der Waals surface area contributed by atoms with E-state index in [9.17, 15) is 0 Å². The first-order valence-corrected chi connectivity index (χ1v) is 8.64. The van der Waals surface area contributed by atoms with E-state index in [1.54, 1.807) is 0 Å². The third kappa shape index (κ3) is 3.18. The fourth-order valence-corrected chi connectivity index (χ4v) is 3.23. The van der Waals surface area contributed by atoms with Crippen LogP contribution in [0.15, 0.2) is 40.0 Å². The van der Waals surface area contributed by atoms with Crippen LogP contribution >= 0.6 is 11.8 Å². The summed E-state index contributed by atoms with van der Waals surface area (Å²) >= 11 is 1.49. The van der Waals surface area contributed by atoms with Crippen molar-refractivity contribution in [3.05, 3.63) is 42.0 Å². The molecule has 1 aliphatic heterocycles. The van der Waals surface area contributed by atoms with E-state index < -0.39 is 0 Å². The molecule has 2 atom stereocenters. The second-order valence-corrected chi connectivity index (χ2v) is 6.81. The van der Waals surface area contributed by atoms with Gasteiger partial charge in [-0.1, -0.05) is 47.3 Å². The summed E-state index contributed by atoms with van der Waals surface area (Å²) in [4.78, 5) is 9.00. The first-order chi connectivity index (χ1) is 11.8. The van der Waals surface area contributed by atoms with Crippen molar-refractivity contribution in [1.29, 1.82) is 0 Å². The molecule has 0 saturated carbocycles. The van der Waals surface area contributed by atoms with Crippen LogP contribution in [0, 0.1) is 0 Å². The van der Waals surface area contributed by atoms with Crippen molar-refractivity contribution in [3.8, 4) is 11.4 Å². The van der Waals surface area contributed by atoms with Crippen LogP contribution in [0.4, 0.5) is 0 Å². The lowest BCUT2D eigenvalue weighted by atomic mass is 10.2. The molecule has 0 bridgehead atoms. The molecule has 1 saturated heterocycles. The van der Waals surface area contributed by atoms with Gasteiger partial charge in [-0.25, -0.2) is 10.4 Å². The molecule has 2 unspecified atom stereocenters. The number of thioether (sulfide) groups is 1. The number of hydrogen-bond acceptors (Lipinski definition) is 8. The summed E-state index contributed by atoms with van der Waals surface area (Å²) in [5, 5.41) is 11.9. The third-order valence-electron chi connectivity index (χ3n) is 3.75. The van der Waals surface area contributed by atoms with E-state index in [4.69, 9.17) is 4.52 Å². The van der Waals surface area contributed by atoms with Gasteiger partial charge in [0.15, 0.2) is 0 Å². The Labute approximate surface area is 142 Å². The Morgan fingerprint density at radius 2 is 2.12 bits per heavy atom. The van der Waals surface area contributed by atoms with E-state index in [2.05, 4.69) is 36.2 Å². The number of hydrogen-bond donors (Lipinski definition) is 3. The van der Waals surface area contributed by atoms with Gasteiger partial charge in [-0.15, -0.1) is 5.10 Å². The summed E-state index contributed by atoms with van der Waals surface area (Å²) in [6.45, 7) is 2.92. The summed E-state index contributed by atoms with van der Waals surface area (Å²) in [5.41, 5.74) is 7.18. The fraction of sp³-hybridized carbons (Fsp3) is 0.333. The fourth-order valence-electron chi connectivity index (χ4n) is 2.47. The van der Waals surface area contributed by atoms with Gasteiger partial charge in [0.1, 0.15) is 5.82 Å². The van der Waals surface area contributed by atoms with Crippen LogP contribution in [0.3, 0.4) is 0 Å². The van der Waals surface area contributed by atoms with Crippen LogP contribution in [0.25, 0.3) is 11.4 Å². The van der Waals surface area contributed by atoms with Crippen molar-refractivity contribution in [2.75, 3.05) is 6.54 Å². The molecular formula is C15H17N7OS. The Morgan fingerprint density at radius 3 is 2.92 bits per heavy atom. The number of rotatable bonds is 5. The van der Waals surface area contributed by atoms with E-state index in [-0.39, 0.29) is 11.3 Å². The summed E-state index contributed by atoms with van der Waals surface area (Å²) in [6.07, 6.45) is 0.985. The van der Waals surface area contributed by atoms with E-state index in [0.29, 0.717) is 16.9 Å². The van der Waals surface area contributed by atoms with Crippen molar-refractivity contribution in [1.82, 2.24) is 36.2 Å². The number of aromatic amines is 1. The zero-order chi connectivity index (χ0) is 16.4. The van der Waals surface area contributed by atoms with Crippen LogP contribution in [0.5, 0.6) is 0 Å². The minimum absolute atomic E-state index is 0.0340. The molecule has 0 aliphatic carbocycles. The molecule has 3 N–H and O–H groups in total. The average molecular weight is 343 g/mol. The minimum Gasteiger partial charge on any atom is -0.338 e. The van der Waals surface area contributed by atoms with Gasteiger partial charge in [0, 0.05) is 12.1 Å².